The molecule has 0 radical (unpaired) electrons. The molecule has 0 bridgehead atoms. The summed E-state index contributed by atoms with van der Waals surface area (Å²) in [6.07, 6.45) is 18.7. The van der Waals surface area contributed by atoms with Gasteiger partial charge in [-0.25, -0.2) is 0 Å². The van der Waals surface area contributed by atoms with Crippen LogP contribution in [0, 0.1) is 0 Å². The Bertz CT molecular complexity index is 307. The first-order valence-corrected chi connectivity index (χ1v) is 5.26. The number of aliphatic carboxylic acids is 1. The molecule has 2 heteroatoms. The van der Waals surface area contributed by atoms with Crippen LogP contribution in [0.25, 0.3) is 0 Å². The molecular weight excluding hydrogens is 200 g/mol. The maximum Gasteiger partial charge on any atom is 0.303 e. The Labute approximate surface area is 97.0 Å². The van der Waals surface area contributed by atoms with Gasteiger partial charge >= 0.3 is 5.97 Å². The largest absolute Gasteiger partial charge is 0.481 e. The normalized spacial score (nSPS) is 12.2. The molecule has 0 atom stereocenters. The van der Waals surface area contributed by atoms with Crippen molar-refractivity contribution in [2.24, 2.45) is 0 Å². The highest BCUT2D eigenvalue weighted by atomic mass is 16.4. The minimum absolute atomic E-state index is 0.236. The number of allylic oxidation sites excluding steroid dienone is 9. The Morgan fingerprint density at radius 1 is 1.00 bits per heavy atom. The second-order valence-electron chi connectivity index (χ2n) is 3.10. The van der Waals surface area contributed by atoms with Crippen LogP contribution in [0.4, 0.5) is 0 Å². The molecule has 16 heavy (non-hydrogen) atoms. The van der Waals surface area contributed by atoms with Crippen LogP contribution in [0.2, 0.25) is 0 Å². The van der Waals surface area contributed by atoms with Crippen molar-refractivity contribution in [3.8, 4) is 0 Å². The van der Waals surface area contributed by atoms with Crippen LogP contribution in [-0.4, -0.2) is 11.1 Å². The summed E-state index contributed by atoms with van der Waals surface area (Å²) < 4.78 is 0. The smallest absolute Gasteiger partial charge is 0.303 e. The van der Waals surface area contributed by atoms with Crippen molar-refractivity contribution in [1.29, 1.82) is 0 Å². The van der Waals surface area contributed by atoms with Crippen molar-refractivity contribution >= 4 is 5.97 Å². The van der Waals surface area contributed by atoms with Crippen molar-refractivity contribution < 1.29 is 9.90 Å². The van der Waals surface area contributed by atoms with Gasteiger partial charge in [-0.2, -0.15) is 0 Å². The van der Waals surface area contributed by atoms with Crippen molar-refractivity contribution in [2.45, 2.75) is 19.3 Å². The predicted molar refractivity (Wildman–Crippen MR) is 68.2 cm³/mol. The summed E-state index contributed by atoms with van der Waals surface area (Å²) in [4.78, 5) is 10.2. The quantitative estimate of drug-likeness (QED) is 0.498. The fraction of sp³-hybridized carbons (Fsp3) is 0.214. The molecule has 0 aliphatic rings. The molecule has 0 rings (SSSR count). The molecule has 0 aromatic heterocycles. The van der Waals surface area contributed by atoms with Gasteiger partial charge in [0, 0.05) is 6.42 Å². The highest BCUT2D eigenvalue weighted by molar-refractivity contribution is 5.66. The lowest BCUT2D eigenvalue weighted by Gasteiger charge is -1.88. The lowest BCUT2D eigenvalue weighted by molar-refractivity contribution is -0.137. The molecule has 0 unspecified atom stereocenters. The summed E-state index contributed by atoms with van der Waals surface area (Å²) in [6.45, 7) is 3.56. The third-order valence-electron chi connectivity index (χ3n) is 1.70. The second kappa shape index (κ2) is 11.2. The zero-order chi connectivity index (χ0) is 12.1. The molecule has 0 spiro atoms. The molecule has 0 aliphatic heterocycles. The molecule has 0 amide bonds. The van der Waals surface area contributed by atoms with E-state index in [9.17, 15) is 4.79 Å². The van der Waals surface area contributed by atoms with E-state index in [0.717, 1.165) is 6.42 Å². The van der Waals surface area contributed by atoms with Gasteiger partial charge in [0.15, 0.2) is 0 Å². The van der Waals surface area contributed by atoms with Gasteiger partial charge in [-0.15, -0.1) is 0 Å². The van der Waals surface area contributed by atoms with Gasteiger partial charge in [-0.3, -0.25) is 4.79 Å². The number of carboxylic acids is 1. The Hall–Kier alpha value is -1.83. The van der Waals surface area contributed by atoms with Gasteiger partial charge in [0.25, 0.3) is 0 Å². The van der Waals surface area contributed by atoms with E-state index < -0.39 is 5.97 Å². The van der Waals surface area contributed by atoms with E-state index in [1.165, 1.54) is 0 Å². The molecule has 0 aromatic carbocycles. The number of carbonyl (C=O) groups is 1. The van der Waals surface area contributed by atoms with E-state index in [2.05, 4.69) is 6.58 Å². The molecule has 0 aliphatic carbocycles. The third-order valence-corrected chi connectivity index (χ3v) is 1.70. The van der Waals surface area contributed by atoms with Gasteiger partial charge in [0.1, 0.15) is 0 Å². The molecule has 2 nitrogen and oxygen atoms in total. The molecule has 0 saturated carbocycles. The minimum atomic E-state index is -0.735. The zero-order valence-corrected chi connectivity index (χ0v) is 9.38. The number of rotatable bonds is 8. The summed E-state index contributed by atoms with van der Waals surface area (Å²) in [5.74, 6) is -0.735. The summed E-state index contributed by atoms with van der Waals surface area (Å²) >= 11 is 0. The van der Waals surface area contributed by atoms with E-state index in [1.54, 1.807) is 6.08 Å². The lowest BCUT2D eigenvalue weighted by atomic mass is 10.2. The maximum atomic E-state index is 10.2. The molecule has 0 fully saturated rings. The Morgan fingerprint density at radius 2 is 1.56 bits per heavy atom. The van der Waals surface area contributed by atoms with Gasteiger partial charge in [-0.05, 0) is 12.8 Å². The fourth-order valence-corrected chi connectivity index (χ4v) is 0.945. The zero-order valence-electron chi connectivity index (χ0n) is 9.38. The van der Waals surface area contributed by atoms with E-state index in [0.29, 0.717) is 6.42 Å². The van der Waals surface area contributed by atoms with E-state index >= 15 is 0 Å². The standard InChI is InChI=1S/C14H18O2/c1-2-3-4-5-6-7-8-9-10-11-12-13-14(15)16/h2-10H,1,11-13H2,(H,15,16). The van der Waals surface area contributed by atoms with Crippen LogP contribution in [0.3, 0.4) is 0 Å². The van der Waals surface area contributed by atoms with Crippen molar-refractivity contribution in [3.63, 3.8) is 0 Å². The summed E-state index contributed by atoms with van der Waals surface area (Å²) in [6, 6.07) is 0. The SMILES string of the molecule is C=CC=CC=CC=CC=CCCCC(=O)O. The molecular formula is C14H18O2. The fourth-order valence-electron chi connectivity index (χ4n) is 0.945. The van der Waals surface area contributed by atoms with Crippen LogP contribution in [0.5, 0.6) is 0 Å². The van der Waals surface area contributed by atoms with Gasteiger partial charge < -0.3 is 5.11 Å². The first-order chi connectivity index (χ1) is 7.77. The van der Waals surface area contributed by atoms with Crippen LogP contribution < -0.4 is 0 Å². The highest BCUT2D eigenvalue weighted by Crippen LogP contribution is 1.96. The maximum absolute atomic E-state index is 10.2. The van der Waals surface area contributed by atoms with Gasteiger partial charge in [0.2, 0.25) is 0 Å². The minimum Gasteiger partial charge on any atom is -0.481 e. The predicted octanol–water partition coefficient (Wildman–Crippen LogP) is 3.65. The number of hydrogen-bond acceptors (Lipinski definition) is 1. The Kier molecular flexibility index (Phi) is 9.96. The molecule has 0 aromatic rings. The highest BCUT2D eigenvalue weighted by Gasteiger charge is 1.92. The van der Waals surface area contributed by atoms with Crippen molar-refractivity contribution in [2.75, 3.05) is 0 Å². The Morgan fingerprint density at radius 3 is 2.12 bits per heavy atom. The van der Waals surface area contributed by atoms with Crippen molar-refractivity contribution in [1.82, 2.24) is 0 Å². The third kappa shape index (κ3) is 12.2. The van der Waals surface area contributed by atoms with Crippen LogP contribution >= 0.6 is 0 Å². The van der Waals surface area contributed by atoms with Crippen LogP contribution in [0.1, 0.15) is 19.3 Å². The van der Waals surface area contributed by atoms with Crippen molar-refractivity contribution in [3.05, 3.63) is 61.3 Å². The number of hydrogen-bond donors (Lipinski definition) is 1. The topological polar surface area (TPSA) is 37.3 Å². The van der Waals surface area contributed by atoms with Crippen LogP contribution in [-0.2, 0) is 4.79 Å². The molecule has 0 saturated heterocycles. The second-order valence-corrected chi connectivity index (χ2v) is 3.10. The van der Waals surface area contributed by atoms with Crippen LogP contribution in [0.15, 0.2) is 61.3 Å². The molecule has 0 heterocycles. The monoisotopic (exact) mass is 218 g/mol. The first kappa shape index (κ1) is 14.2. The number of unbranched alkanes of at least 4 members (excludes halogenated alkanes) is 1. The van der Waals surface area contributed by atoms with E-state index in [1.807, 2.05) is 48.6 Å². The first-order valence-electron chi connectivity index (χ1n) is 5.26. The summed E-state index contributed by atoms with van der Waals surface area (Å²) in [5.41, 5.74) is 0. The average molecular weight is 218 g/mol. The molecule has 86 valence electrons. The average Bonchev–Trinajstić information content (AvgIpc) is 2.25. The summed E-state index contributed by atoms with van der Waals surface area (Å²) in [7, 11) is 0. The molecule has 1 N–H and O–H groups in total. The lowest BCUT2D eigenvalue weighted by Crippen LogP contribution is -1.92. The number of carboxylic acid groups (broad SMARTS) is 1. The van der Waals surface area contributed by atoms with Gasteiger partial charge in [-0.1, -0.05) is 61.3 Å². The van der Waals surface area contributed by atoms with Gasteiger partial charge in [0.05, 0.1) is 0 Å². The van der Waals surface area contributed by atoms with E-state index in [4.69, 9.17) is 5.11 Å². The summed E-state index contributed by atoms with van der Waals surface area (Å²) in [5, 5.41) is 8.40. The Balaban J connectivity index is 3.55. The van der Waals surface area contributed by atoms with E-state index in [-0.39, 0.29) is 6.42 Å².